The summed E-state index contributed by atoms with van der Waals surface area (Å²) < 4.78 is 0. The maximum atomic E-state index is 11.2. The van der Waals surface area contributed by atoms with E-state index >= 15 is 0 Å². The minimum atomic E-state index is 0.0860. The smallest absolute Gasteiger partial charge is 0.221 e. The fraction of sp³-hybridized carbons (Fsp3) is 0.909. The van der Waals surface area contributed by atoms with E-state index in [4.69, 9.17) is 11.6 Å². The van der Waals surface area contributed by atoms with Crippen LogP contribution in [0.15, 0.2) is 0 Å². The van der Waals surface area contributed by atoms with Gasteiger partial charge in [-0.05, 0) is 38.4 Å². The summed E-state index contributed by atoms with van der Waals surface area (Å²) >= 11 is 5.49. The van der Waals surface area contributed by atoms with Gasteiger partial charge in [-0.2, -0.15) is 0 Å². The number of amides is 1. The Kier molecular flexibility index (Phi) is 6.03. The number of carbonyl (C=O) groups is 1. The average molecular weight is 233 g/mol. The first kappa shape index (κ1) is 12.8. The highest BCUT2D eigenvalue weighted by Gasteiger charge is 2.18. The van der Waals surface area contributed by atoms with E-state index in [-0.39, 0.29) is 5.91 Å². The number of hydrogen-bond acceptors (Lipinski definition) is 2. The SMILES string of the molecule is CCN1CCC(CNC(=O)CCCl)CC1. The number of hydrogen-bond donors (Lipinski definition) is 1. The molecule has 1 fully saturated rings. The van der Waals surface area contributed by atoms with Crippen LogP contribution in [0.4, 0.5) is 0 Å². The van der Waals surface area contributed by atoms with Gasteiger partial charge in [-0.25, -0.2) is 0 Å². The molecular formula is C11H21ClN2O. The number of likely N-dealkylation sites (tertiary alicyclic amines) is 1. The number of carbonyl (C=O) groups excluding carboxylic acids is 1. The monoisotopic (exact) mass is 232 g/mol. The second-order valence-corrected chi connectivity index (χ2v) is 4.50. The molecule has 0 aliphatic carbocycles. The molecule has 0 aromatic heterocycles. The topological polar surface area (TPSA) is 32.3 Å². The van der Waals surface area contributed by atoms with Crippen molar-refractivity contribution in [3.05, 3.63) is 0 Å². The average Bonchev–Trinajstić information content (AvgIpc) is 2.27. The standard InChI is InChI=1S/C11H21ClN2O/c1-2-14-7-4-10(5-8-14)9-13-11(15)3-6-12/h10H,2-9H2,1H3,(H,13,15). The van der Waals surface area contributed by atoms with Crippen molar-refractivity contribution in [2.24, 2.45) is 5.92 Å². The molecule has 1 heterocycles. The Bertz CT molecular complexity index is 191. The van der Waals surface area contributed by atoms with E-state index in [1.165, 1.54) is 25.9 Å². The van der Waals surface area contributed by atoms with Gasteiger partial charge in [0.1, 0.15) is 0 Å². The van der Waals surface area contributed by atoms with E-state index in [0.29, 0.717) is 18.2 Å². The molecule has 1 aliphatic rings. The lowest BCUT2D eigenvalue weighted by atomic mass is 9.97. The Hall–Kier alpha value is -0.280. The maximum Gasteiger partial charge on any atom is 0.221 e. The van der Waals surface area contributed by atoms with Crippen LogP contribution in [0.1, 0.15) is 26.2 Å². The van der Waals surface area contributed by atoms with Crippen molar-refractivity contribution in [3.63, 3.8) is 0 Å². The lowest BCUT2D eigenvalue weighted by Gasteiger charge is -2.31. The van der Waals surface area contributed by atoms with Crippen LogP contribution in [0.25, 0.3) is 0 Å². The van der Waals surface area contributed by atoms with Gasteiger partial charge in [-0.3, -0.25) is 4.79 Å². The molecule has 88 valence electrons. The third kappa shape index (κ3) is 4.85. The van der Waals surface area contributed by atoms with Gasteiger partial charge in [0.15, 0.2) is 0 Å². The summed E-state index contributed by atoms with van der Waals surface area (Å²) in [5.74, 6) is 1.16. The molecule has 0 bridgehead atoms. The molecule has 0 radical (unpaired) electrons. The number of nitrogens with one attached hydrogen (secondary N) is 1. The third-order valence-electron chi connectivity index (χ3n) is 3.06. The molecule has 1 rings (SSSR count). The lowest BCUT2D eigenvalue weighted by molar-refractivity contribution is -0.120. The van der Waals surface area contributed by atoms with E-state index in [1.54, 1.807) is 0 Å². The Balaban J connectivity index is 2.10. The predicted octanol–water partition coefficient (Wildman–Crippen LogP) is 1.46. The fourth-order valence-corrected chi connectivity index (χ4v) is 2.11. The first-order chi connectivity index (χ1) is 7.26. The van der Waals surface area contributed by atoms with Crippen LogP contribution >= 0.6 is 11.6 Å². The van der Waals surface area contributed by atoms with Gasteiger partial charge in [0.05, 0.1) is 0 Å². The number of piperidine rings is 1. The highest BCUT2D eigenvalue weighted by Crippen LogP contribution is 2.15. The zero-order valence-corrected chi connectivity index (χ0v) is 10.2. The van der Waals surface area contributed by atoms with Crippen molar-refractivity contribution >= 4 is 17.5 Å². The molecule has 0 unspecified atom stereocenters. The van der Waals surface area contributed by atoms with E-state index < -0.39 is 0 Å². The quantitative estimate of drug-likeness (QED) is 0.728. The summed E-state index contributed by atoms with van der Waals surface area (Å²) in [6.07, 6.45) is 2.85. The molecule has 0 atom stereocenters. The van der Waals surface area contributed by atoms with Gasteiger partial charge < -0.3 is 10.2 Å². The molecule has 4 heteroatoms. The van der Waals surface area contributed by atoms with Gasteiger partial charge in [-0.15, -0.1) is 11.6 Å². The highest BCUT2D eigenvalue weighted by molar-refractivity contribution is 6.18. The van der Waals surface area contributed by atoms with Gasteiger partial charge >= 0.3 is 0 Å². The number of rotatable bonds is 5. The lowest BCUT2D eigenvalue weighted by Crippen LogP contribution is -2.38. The molecule has 1 saturated heterocycles. The van der Waals surface area contributed by atoms with E-state index in [1.807, 2.05) is 0 Å². The number of halogens is 1. The summed E-state index contributed by atoms with van der Waals surface area (Å²) in [5, 5.41) is 2.94. The van der Waals surface area contributed by atoms with Crippen molar-refractivity contribution < 1.29 is 4.79 Å². The molecule has 15 heavy (non-hydrogen) atoms. The first-order valence-corrected chi connectivity index (χ1v) is 6.34. The van der Waals surface area contributed by atoms with E-state index in [0.717, 1.165) is 13.1 Å². The van der Waals surface area contributed by atoms with Crippen LogP contribution in [-0.2, 0) is 4.79 Å². The molecule has 0 aromatic carbocycles. The van der Waals surface area contributed by atoms with Crippen LogP contribution in [0.2, 0.25) is 0 Å². The van der Waals surface area contributed by atoms with Crippen molar-refractivity contribution in [3.8, 4) is 0 Å². The largest absolute Gasteiger partial charge is 0.356 e. The Labute approximate surface area is 97.2 Å². The molecule has 1 amide bonds. The van der Waals surface area contributed by atoms with Gasteiger partial charge in [0.2, 0.25) is 5.91 Å². The van der Waals surface area contributed by atoms with Crippen LogP contribution in [0.3, 0.4) is 0 Å². The van der Waals surface area contributed by atoms with E-state index in [2.05, 4.69) is 17.1 Å². The number of alkyl halides is 1. The predicted molar refractivity (Wildman–Crippen MR) is 63.2 cm³/mol. The summed E-state index contributed by atoms with van der Waals surface area (Å²) in [7, 11) is 0. The van der Waals surface area contributed by atoms with Crippen molar-refractivity contribution in [1.29, 1.82) is 0 Å². The Morgan fingerprint density at radius 1 is 1.47 bits per heavy atom. The molecule has 3 nitrogen and oxygen atoms in total. The summed E-state index contributed by atoms with van der Waals surface area (Å²) in [4.78, 5) is 13.7. The normalized spacial score (nSPS) is 19.1. The molecule has 0 aromatic rings. The minimum absolute atomic E-state index is 0.0860. The Morgan fingerprint density at radius 3 is 2.67 bits per heavy atom. The molecule has 1 N–H and O–H groups in total. The molecular weight excluding hydrogens is 212 g/mol. The number of nitrogens with zero attached hydrogens (tertiary/aromatic N) is 1. The first-order valence-electron chi connectivity index (χ1n) is 5.81. The van der Waals surface area contributed by atoms with Crippen LogP contribution < -0.4 is 5.32 Å². The zero-order valence-electron chi connectivity index (χ0n) is 9.47. The highest BCUT2D eigenvalue weighted by atomic mass is 35.5. The van der Waals surface area contributed by atoms with Gasteiger partial charge in [0, 0.05) is 18.8 Å². The third-order valence-corrected chi connectivity index (χ3v) is 3.25. The van der Waals surface area contributed by atoms with Crippen LogP contribution in [-0.4, -0.2) is 42.9 Å². The summed E-state index contributed by atoms with van der Waals surface area (Å²) in [5.41, 5.74) is 0. The van der Waals surface area contributed by atoms with Crippen molar-refractivity contribution in [2.45, 2.75) is 26.2 Å². The maximum absolute atomic E-state index is 11.2. The second-order valence-electron chi connectivity index (χ2n) is 4.12. The minimum Gasteiger partial charge on any atom is -0.356 e. The summed E-state index contributed by atoms with van der Waals surface area (Å²) in [6, 6.07) is 0. The summed E-state index contributed by atoms with van der Waals surface area (Å²) in [6.45, 7) is 6.51. The zero-order chi connectivity index (χ0) is 11.1. The van der Waals surface area contributed by atoms with Crippen LogP contribution in [0, 0.1) is 5.92 Å². The van der Waals surface area contributed by atoms with Crippen molar-refractivity contribution in [1.82, 2.24) is 10.2 Å². The van der Waals surface area contributed by atoms with Gasteiger partial charge in [0.25, 0.3) is 0 Å². The Morgan fingerprint density at radius 2 is 2.13 bits per heavy atom. The van der Waals surface area contributed by atoms with Crippen LogP contribution in [0.5, 0.6) is 0 Å². The van der Waals surface area contributed by atoms with Crippen molar-refractivity contribution in [2.75, 3.05) is 32.1 Å². The molecule has 0 spiro atoms. The molecule has 1 aliphatic heterocycles. The molecule has 0 saturated carbocycles. The van der Waals surface area contributed by atoms with E-state index in [9.17, 15) is 4.79 Å². The second kappa shape index (κ2) is 7.07. The fourth-order valence-electron chi connectivity index (χ4n) is 1.94. The van der Waals surface area contributed by atoms with Gasteiger partial charge in [-0.1, -0.05) is 6.92 Å².